The Kier molecular flexibility index (Phi) is 3.00. The Hall–Kier alpha value is -2.96. The maximum Gasteiger partial charge on any atom is 0.316 e. The van der Waals surface area contributed by atoms with Gasteiger partial charge in [0.15, 0.2) is 0 Å². The summed E-state index contributed by atoms with van der Waals surface area (Å²) in [5, 5.41) is 0. The van der Waals surface area contributed by atoms with Crippen molar-refractivity contribution in [1.82, 2.24) is 18.5 Å². The van der Waals surface area contributed by atoms with Crippen molar-refractivity contribution in [3.05, 3.63) is 79.6 Å². The van der Waals surface area contributed by atoms with E-state index < -0.39 is 11.1 Å². The Morgan fingerprint density at radius 3 is 2.65 bits per heavy atom. The molecule has 1 aliphatic carbocycles. The first kappa shape index (κ1) is 13.7. The zero-order valence-electron chi connectivity index (χ0n) is 12.3. The molecule has 0 amide bonds. The van der Waals surface area contributed by atoms with Crippen LogP contribution in [-0.4, -0.2) is 18.5 Å². The van der Waals surface area contributed by atoms with Crippen molar-refractivity contribution in [2.24, 2.45) is 0 Å². The van der Waals surface area contributed by atoms with Gasteiger partial charge in [0, 0.05) is 30.7 Å². The number of nitrogens with zero attached hydrogens (tertiary/aromatic N) is 4. The summed E-state index contributed by atoms with van der Waals surface area (Å²) in [6.07, 6.45) is 6.72. The molecule has 23 heavy (non-hydrogen) atoms. The van der Waals surface area contributed by atoms with Crippen molar-refractivity contribution in [3.8, 4) is 0 Å². The summed E-state index contributed by atoms with van der Waals surface area (Å²) in [6.45, 7) is 0.0974. The lowest BCUT2D eigenvalue weighted by atomic mass is 10.3. The van der Waals surface area contributed by atoms with Crippen molar-refractivity contribution in [1.29, 1.82) is 0 Å². The molecule has 0 aromatic carbocycles. The maximum atomic E-state index is 12.2. The lowest BCUT2D eigenvalue weighted by Crippen LogP contribution is -2.40. The number of fused-ring (bicyclic) bond motifs is 1. The topological polar surface area (TPSA) is 78.4 Å². The number of pyridine rings is 1. The molecule has 1 fully saturated rings. The normalized spacial score (nSPS) is 14.3. The zero-order chi connectivity index (χ0) is 16.0. The van der Waals surface area contributed by atoms with Crippen LogP contribution in [-0.2, 0) is 6.54 Å². The molecule has 0 spiro atoms. The third-order valence-electron chi connectivity index (χ3n) is 3.98. The molecule has 3 aromatic rings. The molecule has 1 saturated carbocycles. The van der Waals surface area contributed by atoms with Crippen molar-refractivity contribution in [2.45, 2.75) is 25.4 Å². The SMILES string of the molecule is O=c1c(=O)n(C2CC2)ccn1Cc1cc(=O)n2ccccc2n1. The van der Waals surface area contributed by atoms with Crippen LogP contribution in [0.1, 0.15) is 24.6 Å². The fraction of sp³-hybridized carbons (Fsp3) is 0.250. The highest BCUT2D eigenvalue weighted by Gasteiger charge is 2.25. The molecule has 0 unspecified atom stereocenters. The van der Waals surface area contributed by atoms with Crippen molar-refractivity contribution >= 4 is 5.65 Å². The molecular formula is C16H14N4O3. The lowest BCUT2D eigenvalue weighted by Gasteiger charge is -2.08. The highest BCUT2D eigenvalue weighted by atomic mass is 16.2. The van der Waals surface area contributed by atoms with E-state index in [1.807, 2.05) is 0 Å². The van der Waals surface area contributed by atoms with Crippen LogP contribution in [0.3, 0.4) is 0 Å². The van der Waals surface area contributed by atoms with Gasteiger partial charge in [-0.1, -0.05) is 6.07 Å². The molecule has 1 aliphatic rings. The monoisotopic (exact) mass is 310 g/mol. The van der Waals surface area contributed by atoms with Crippen LogP contribution in [0, 0.1) is 0 Å². The van der Waals surface area contributed by atoms with Crippen LogP contribution in [0.25, 0.3) is 5.65 Å². The van der Waals surface area contributed by atoms with Crippen LogP contribution in [0.2, 0.25) is 0 Å². The van der Waals surface area contributed by atoms with Gasteiger partial charge in [0.05, 0.1) is 12.2 Å². The summed E-state index contributed by atoms with van der Waals surface area (Å²) in [5.41, 5.74) is -0.367. The lowest BCUT2D eigenvalue weighted by molar-refractivity contribution is 0.635. The van der Waals surface area contributed by atoms with Crippen LogP contribution >= 0.6 is 0 Å². The number of hydrogen-bond acceptors (Lipinski definition) is 4. The van der Waals surface area contributed by atoms with Gasteiger partial charge in [0.2, 0.25) is 0 Å². The Balaban J connectivity index is 1.76. The molecule has 3 aromatic heterocycles. The molecule has 7 nitrogen and oxygen atoms in total. The smallest absolute Gasteiger partial charge is 0.306 e. The molecule has 0 radical (unpaired) electrons. The van der Waals surface area contributed by atoms with E-state index in [4.69, 9.17) is 0 Å². The van der Waals surface area contributed by atoms with Gasteiger partial charge < -0.3 is 9.13 Å². The van der Waals surface area contributed by atoms with Gasteiger partial charge >= 0.3 is 11.1 Å². The van der Waals surface area contributed by atoms with E-state index in [1.165, 1.54) is 19.6 Å². The number of aromatic nitrogens is 4. The fourth-order valence-electron chi connectivity index (χ4n) is 2.64. The highest BCUT2D eigenvalue weighted by Crippen LogP contribution is 2.32. The standard InChI is InChI=1S/C16H14N4O3/c21-14-9-11(17-13-3-1-2-6-20(13)14)10-18-7-8-19(12-4-5-12)16(23)15(18)22/h1-3,6-9,12H,4-5,10H2. The minimum Gasteiger partial charge on any atom is -0.306 e. The van der Waals surface area contributed by atoms with Crippen LogP contribution < -0.4 is 16.7 Å². The Labute approximate surface area is 130 Å². The first-order valence-electron chi connectivity index (χ1n) is 7.42. The first-order chi connectivity index (χ1) is 11.1. The van der Waals surface area contributed by atoms with E-state index in [1.54, 1.807) is 36.8 Å². The average molecular weight is 310 g/mol. The quantitative estimate of drug-likeness (QED) is 0.656. The molecular weight excluding hydrogens is 296 g/mol. The van der Waals surface area contributed by atoms with Gasteiger partial charge in [-0.05, 0) is 25.0 Å². The summed E-state index contributed by atoms with van der Waals surface area (Å²) >= 11 is 0. The summed E-state index contributed by atoms with van der Waals surface area (Å²) in [7, 11) is 0. The summed E-state index contributed by atoms with van der Waals surface area (Å²) in [5.74, 6) is 0. The van der Waals surface area contributed by atoms with E-state index in [-0.39, 0.29) is 18.1 Å². The second kappa shape index (κ2) is 5.05. The minimum atomic E-state index is -0.588. The van der Waals surface area contributed by atoms with Crippen LogP contribution in [0.15, 0.2) is 57.2 Å². The summed E-state index contributed by atoms with van der Waals surface area (Å²) < 4.78 is 4.21. The first-order valence-corrected chi connectivity index (χ1v) is 7.42. The van der Waals surface area contributed by atoms with Crippen molar-refractivity contribution in [3.63, 3.8) is 0 Å². The van der Waals surface area contributed by atoms with Gasteiger partial charge in [-0.2, -0.15) is 0 Å². The summed E-state index contributed by atoms with van der Waals surface area (Å²) in [6, 6.07) is 6.80. The fourth-order valence-corrected chi connectivity index (χ4v) is 2.64. The van der Waals surface area contributed by atoms with Crippen molar-refractivity contribution < 1.29 is 0 Å². The molecule has 3 heterocycles. The second-order valence-electron chi connectivity index (χ2n) is 5.69. The van der Waals surface area contributed by atoms with E-state index in [0.29, 0.717) is 11.3 Å². The molecule has 0 aliphatic heterocycles. The zero-order valence-corrected chi connectivity index (χ0v) is 12.3. The minimum absolute atomic E-state index is 0.0974. The van der Waals surface area contributed by atoms with E-state index in [9.17, 15) is 14.4 Å². The summed E-state index contributed by atoms with van der Waals surface area (Å²) in [4.78, 5) is 40.7. The third kappa shape index (κ3) is 2.40. The van der Waals surface area contributed by atoms with Crippen molar-refractivity contribution in [2.75, 3.05) is 0 Å². The molecule has 0 N–H and O–H groups in total. The van der Waals surface area contributed by atoms with Gasteiger partial charge in [0.25, 0.3) is 5.56 Å². The average Bonchev–Trinajstić information content (AvgIpc) is 3.37. The predicted molar refractivity (Wildman–Crippen MR) is 83.8 cm³/mol. The largest absolute Gasteiger partial charge is 0.316 e. The Bertz CT molecular complexity index is 1070. The predicted octanol–water partition coefficient (Wildman–Crippen LogP) is 0.401. The highest BCUT2D eigenvalue weighted by molar-refractivity contribution is 5.38. The molecule has 0 atom stereocenters. The number of hydrogen-bond donors (Lipinski definition) is 0. The molecule has 116 valence electrons. The van der Waals surface area contributed by atoms with E-state index in [2.05, 4.69) is 4.98 Å². The van der Waals surface area contributed by atoms with Gasteiger partial charge in [0.1, 0.15) is 5.65 Å². The second-order valence-corrected chi connectivity index (χ2v) is 5.69. The Morgan fingerprint density at radius 1 is 1.04 bits per heavy atom. The van der Waals surface area contributed by atoms with Crippen LogP contribution in [0.5, 0.6) is 0 Å². The molecule has 0 bridgehead atoms. The van der Waals surface area contributed by atoms with Gasteiger partial charge in [-0.3, -0.25) is 18.8 Å². The third-order valence-corrected chi connectivity index (χ3v) is 3.98. The molecule has 7 heteroatoms. The molecule has 4 rings (SSSR count). The van der Waals surface area contributed by atoms with Gasteiger partial charge in [-0.15, -0.1) is 0 Å². The van der Waals surface area contributed by atoms with E-state index >= 15 is 0 Å². The maximum absolute atomic E-state index is 12.2. The Morgan fingerprint density at radius 2 is 1.87 bits per heavy atom. The van der Waals surface area contributed by atoms with Crippen LogP contribution in [0.4, 0.5) is 0 Å². The number of rotatable bonds is 3. The van der Waals surface area contributed by atoms with Gasteiger partial charge in [-0.25, -0.2) is 4.98 Å². The molecule has 0 saturated heterocycles. The van der Waals surface area contributed by atoms with E-state index in [0.717, 1.165) is 12.8 Å².